The molecule has 3 aromatic heterocycles. The first kappa shape index (κ1) is 91.2. The first-order chi connectivity index (χ1) is 71.4. The third kappa shape index (κ3) is 17.1. The van der Waals surface area contributed by atoms with Crippen molar-refractivity contribution in [1.82, 2.24) is 13.7 Å². The van der Waals surface area contributed by atoms with Crippen molar-refractivity contribution in [2.75, 3.05) is 14.7 Å². The van der Waals surface area contributed by atoms with Gasteiger partial charge in [-0.05, 0) is 282 Å². The van der Waals surface area contributed by atoms with Crippen molar-refractivity contribution in [3.63, 3.8) is 0 Å². The second kappa shape index (κ2) is 39.2. The van der Waals surface area contributed by atoms with Crippen LogP contribution in [0.25, 0.3) is 104 Å². The molecule has 3 saturated carbocycles. The lowest BCUT2D eigenvalue weighted by Crippen LogP contribution is -2.30. The molecule has 26 rings (SSSR count). The summed E-state index contributed by atoms with van der Waals surface area (Å²) in [6.45, 7) is 8.99. The van der Waals surface area contributed by atoms with E-state index in [-0.39, 0.29) is 21.7 Å². The Labute approximate surface area is 853 Å². The zero-order valence-electron chi connectivity index (χ0n) is 83.5. The lowest BCUT2D eigenvalue weighted by Gasteiger charge is -2.39. The molecule has 3 heterocycles. The molecule has 0 unspecified atom stereocenters. The van der Waals surface area contributed by atoms with Crippen LogP contribution in [0, 0.1) is 6.92 Å². The number of rotatable bonds is 18. The van der Waals surface area contributed by atoms with Gasteiger partial charge in [-0.25, -0.2) is 0 Å². The summed E-state index contributed by atoms with van der Waals surface area (Å²) in [5, 5.41) is 12.6. The molecule has 0 amide bonds. The van der Waals surface area contributed by atoms with Crippen LogP contribution in [0.3, 0.4) is 0 Å². The molecular weight excluding hydrogens is 1750 g/mol. The highest BCUT2D eigenvalue weighted by molar-refractivity contribution is 6.17. The topological polar surface area (TPSA) is 24.5 Å². The van der Waals surface area contributed by atoms with Gasteiger partial charge in [0.2, 0.25) is 0 Å². The largest absolute Gasteiger partial charge is 0.310 e. The zero-order valence-corrected chi connectivity index (χ0v) is 83.5. The second-order valence-corrected chi connectivity index (χ2v) is 41.6. The number of aromatic nitrogens is 3. The first-order valence-electron chi connectivity index (χ1n) is 52.6. The standard InChI is InChI=1S/C50H40N2.C46H44N2.C43H38N2/c1-4-17-37(18-5-1)50(32-14-3-15-33-50)38-26-28-40(29-27-38)51(49-34-36-16-8-9-21-42(36)43-22-10-11-23-44(43)49)41-30-31-48-46(35-41)45-24-12-13-25-47(45)52(48)39-19-6-2-7-20-39;1-45(2,3)34-21-25-38(26-22-34)47(39-27-23-36(24-28-39)46(31-13-6-14-32-46)35-15-7-4-8-16-35)40-29-30-44-42(33-40)41-19-11-12-20-43(41)48(44)37-17-9-5-10-18-37;1-32-19-23-36(24-20-32)44(37-25-21-34(22-26-37)43(29-11-4-12-30-43)33-13-5-2-6-14-33)38-27-28-42-40(31-38)39-17-9-10-18-41(39)45(42)35-15-7-3-8-16-35/h1-2,4-13,16-31,34-35H,3,14-15,32-33H2;4-5,7-12,15-30,33H,6,13-14,31-32H2,1-3H3;2-3,5-10,13-28,31H,4,11-12,29-30H2,1H3. The maximum absolute atomic E-state index is 2.49. The molecule has 6 heteroatoms. The molecular formula is C139H122N6. The fourth-order valence-corrected chi connectivity index (χ4v) is 25.0. The van der Waals surface area contributed by atoms with Crippen LogP contribution in [0.5, 0.6) is 0 Å². The molecule has 0 saturated heterocycles. The molecule has 145 heavy (non-hydrogen) atoms. The minimum atomic E-state index is 0.0523. The second-order valence-electron chi connectivity index (χ2n) is 41.6. The molecule has 6 nitrogen and oxygen atoms in total. The number of para-hydroxylation sites is 6. The number of anilines is 9. The van der Waals surface area contributed by atoms with E-state index in [0.717, 1.165) is 34.1 Å². The van der Waals surface area contributed by atoms with Gasteiger partial charge >= 0.3 is 0 Å². The molecule has 0 spiro atoms. The van der Waals surface area contributed by atoms with Crippen molar-refractivity contribution in [3.05, 3.63) is 530 Å². The van der Waals surface area contributed by atoms with Gasteiger partial charge in [-0.3, -0.25) is 0 Å². The van der Waals surface area contributed by atoms with Crippen molar-refractivity contribution >= 4 is 138 Å². The number of aryl methyl sites for hydroxylation is 1. The van der Waals surface area contributed by atoms with E-state index < -0.39 is 0 Å². The smallest absolute Gasteiger partial charge is 0.0546 e. The van der Waals surface area contributed by atoms with Crippen LogP contribution in [-0.4, -0.2) is 13.7 Å². The maximum atomic E-state index is 2.49. The molecule has 0 N–H and O–H groups in total. The molecule has 23 aromatic rings. The summed E-state index contributed by atoms with van der Waals surface area (Å²) < 4.78 is 7.16. The van der Waals surface area contributed by atoms with E-state index in [4.69, 9.17) is 0 Å². The van der Waals surface area contributed by atoms with E-state index >= 15 is 0 Å². The zero-order chi connectivity index (χ0) is 97.4. The number of hydrogen-bond donors (Lipinski definition) is 0. The summed E-state index contributed by atoms with van der Waals surface area (Å²) >= 11 is 0. The average Bonchev–Trinajstić information content (AvgIpc) is 1.47. The molecule has 0 atom stereocenters. The molecule has 0 aliphatic heterocycles. The molecule has 3 aliphatic rings. The Bertz CT molecular complexity index is 8520. The highest BCUT2D eigenvalue weighted by Gasteiger charge is 2.40. The normalized spacial score (nSPS) is 14.5. The van der Waals surface area contributed by atoms with Crippen molar-refractivity contribution in [2.45, 2.75) is 146 Å². The highest BCUT2D eigenvalue weighted by atomic mass is 15.2. The summed E-state index contributed by atoms with van der Waals surface area (Å²) in [6, 6.07) is 180. The van der Waals surface area contributed by atoms with Gasteiger partial charge in [0, 0.05) is 117 Å². The van der Waals surface area contributed by atoms with Crippen molar-refractivity contribution < 1.29 is 0 Å². The third-order valence-corrected chi connectivity index (χ3v) is 32.2. The highest BCUT2D eigenvalue weighted by Crippen LogP contribution is 2.53. The van der Waals surface area contributed by atoms with E-state index in [1.807, 2.05) is 0 Å². The minimum absolute atomic E-state index is 0.0523. The van der Waals surface area contributed by atoms with Gasteiger partial charge in [0.15, 0.2) is 0 Å². The predicted octanol–water partition coefficient (Wildman–Crippen LogP) is 38.4. The van der Waals surface area contributed by atoms with Gasteiger partial charge in [0.1, 0.15) is 0 Å². The molecule has 0 radical (unpaired) electrons. The van der Waals surface area contributed by atoms with E-state index in [0.29, 0.717) is 0 Å². The van der Waals surface area contributed by atoms with Crippen LogP contribution in [0.2, 0.25) is 0 Å². The lowest BCUT2D eigenvalue weighted by molar-refractivity contribution is 0.346. The predicted molar refractivity (Wildman–Crippen MR) is 616 cm³/mol. The Morgan fingerprint density at radius 1 is 0.193 bits per heavy atom. The third-order valence-electron chi connectivity index (χ3n) is 32.2. The number of fused-ring (bicyclic) bond motifs is 12. The molecule has 3 aliphatic carbocycles. The Morgan fingerprint density at radius 3 is 0.779 bits per heavy atom. The van der Waals surface area contributed by atoms with Gasteiger partial charge < -0.3 is 28.4 Å². The summed E-state index contributed by atoms with van der Waals surface area (Å²) in [5.74, 6) is 0. The minimum Gasteiger partial charge on any atom is -0.310 e. The van der Waals surface area contributed by atoms with E-state index in [9.17, 15) is 0 Å². The number of hydrogen-bond acceptors (Lipinski definition) is 3. The number of nitrogens with zero attached hydrogens (tertiary/aromatic N) is 6. The Morgan fingerprint density at radius 2 is 0.441 bits per heavy atom. The number of benzene rings is 20. The Kier molecular flexibility index (Phi) is 24.7. The monoisotopic (exact) mass is 1870 g/mol. The van der Waals surface area contributed by atoms with Crippen LogP contribution in [0.15, 0.2) is 485 Å². The van der Waals surface area contributed by atoms with Crippen LogP contribution >= 0.6 is 0 Å². The van der Waals surface area contributed by atoms with E-state index in [2.05, 4.69) is 541 Å². The summed E-state index contributed by atoms with van der Waals surface area (Å²) in [7, 11) is 0. The summed E-state index contributed by atoms with van der Waals surface area (Å²) in [5.41, 5.74) is 32.8. The Balaban J connectivity index is 0.000000117. The summed E-state index contributed by atoms with van der Waals surface area (Å²) in [6.07, 6.45) is 18.8. The van der Waals surface area contributed by atoms with Crippen LogP contribution in [-0.2, 0) is 21.7 Å². The van der Waals surface area contributed by atoms with Crippen LogP contribution in [0.4, 0.5) is 51.2 Å². The van der Waals surface area contributed by atoms with Crippen molar-refractivity contribution in [1.29, 1.82) is 0 Å². The molecule has 20 aromatic carbocycles. The molecule has 3 fully saturated rings. The fraction of sp³-hybridized carbons (Fsp3) is 0.165. The van der Waals surface area contributed by atoms with E-state index in [1.54, 1.807) is 0 Å². The van der Waals surface area contributed by atoms with E-state index in [1.165, 1.54) is 262 Å². The van der Waals surface area contributed by atoms with Crippen LogP contribution in [0.1, 0.15) is 162 Å². The van der Waals surface area contributed by atoms with Crippen LogP contribution < -0.4 is 14.7 Å². The summed E-state index contributed by atoms with van der Waals surface area (Å²) in [4.78, 5) is 7.33. The van der Waals surface area contributed by atoms with Crippen molar-refractivity contribution in [3.8, 4) is 17.1 Å². The Hall–Kier alpha value is -16.3. The SMILES string of the molecule is CC(C)(C)c1ccc(N(c2ccc(C3(c4ccccc4)CCCCC3)cc2)c2ccc3c(c2)c2ccccc2n3-c2ccccc2)cc1.Cc1ccc(N(c2ccc(C3(c4ccccc4)CCCCC3)cc2)c2ccc3c(c2)c2ccccc2n3-c2ccccc2)cc1.c1ccc(-n2c3ccccc3c3cc(N(c4ccc(C5(c6ccccc6)CCCCC5)cc4)c4cc5ccccc5c5ccccc45)ccc32)cc1. The molecule has 708 valence electrons. The van der Waals surface area contributed by atoms with Gasteiger partial charge in [-0.2, -0.15) is 0 Å². The first-order valence-corrected chi connectivity index (χ1v) is 52.6. The fourth-order valence-electron chi connectivity index (χ4n) is 25.0. The molecule has 0 bridgehead atoms. The lowest BCUT2D eigenvalue weighted by atomic mass is 9.65. The van der Waals surface area contributed by atoms with Gasteiger partial charge in [-0.1, -0.05) is 394 Å². The average molecular weight is 1880 g/mol. The van der Waals surface area contributed by atoms with Gasteiger partial charge in [-0.15, -0.1) is 0 Å². The van der Waals surface area contributed by atoms with Gasteiger partial charge in [0.25, 0.3) is 0 Å². The van der Waals surface area contributed by atoms with Crippen molar-refractivity contribution in [2.24, 2.45) is 0 Å². The quantitative estimate of drug-likeness (QED) is 0.0801. The maximum Gasteiger partial charge on any atom is 0.0546 e. The van der Waals surface area contributed by atoms with Gasteiger partial charge in [0.05, 0.1) is 38.8 Å².